The van der Waals surface area contributed by atoms with Gasteiger partial charge in [-0.1, -0.05) is 27.2 Å². The first kappa shape index (κ1) is 15.7. The minimum atomic E-state index is -0.206. The van der Waals surface area contributed by atoms with E-state index in [9.17, 15) is 4.39 Å². The lowest BCUT2D eigenvalue weighted by molar-refractivity contribution is 0.585. The van der Waals surface area contributed by atoms with Crippen molar-refractivity contribution in [3.8, 4) is 5.69 Å². The van der Waals surface area contributed by atoms with E-state index >= 15 is 0 Å². The van der Waals surface area contributed by atoms with Gasteiger partial charge in [0.1, 0.15) is 5.82 Å². The Morgan fingerprint density at radius 3 is 2.71 bits per heavy atom. The lowest BCUT2D eigenvalue weighted by Gasteiger charge is -2.13. The predicted molar refractivity (Wildman–Crippen MR) is 84.2 cm³/mol. The summed E-state index contributed by atoms with van der Waals surface area (Å²) in [5.41, 5.74) is 4.28. The maximum absolute atomic E-state index is 13.3. The van der Waals surface area contributed by atoms with Gasteiger partial charge in [0.05, 0.1) is 11.9 Å². The highest BCUT2D eigenvalue weighted by atomic mass is 19.1. The quantitative estimate of drug-likeness (QED) is 0.877. The Bertz CT molecular complexity index is 602. The summed E-state index contributed by atoms with van der Waals surface area (Å²) in [6.07, 6.45) is 3.94. The van der Waals surface area contributed by atoms with Crippen molar-refractivity contribution in [2.75, 3.05) is 0 Å². The van der Waals surface area contributed by atoms with Crippen molar-refractivity contribution in [2.24, 2.45) is 0 Å². The van der Waals surface area contributed by atoms with Gasteiger partial charge in [-0.05, 0) is 37.1 Å². The molecule has 0 unspecified atom stereocenters. The molecule has 0 bridgehead atoms. The fourth-order valence-corrected chi connectivity index (χ4v) is 2.44. The van der Waals surface area contributed by atoms with Gasteiger partial charge in [-0.15, -0.1) is 0 Å². The first-order chi connectivity index (χ1) is 10.0. The highest BCUT2D eigenvalue weighted by molar-refractivity contribution is 5.42. The third-order valence-corrected chi connectivity index (χ3v) is 3.53. The summed E-state index contributed by atoms with van der Waals surface area (Å²) >= 11 is 0. The molecule has 1 aromatic carbocycles. The molecule has 0 radical (unpaired) electrons. The topological polar surface area (TPSA) is 29.9 Å². The summed E-state index contributed by atoms with van der Waals surface area (Å²) in [7, 11) is 0. The first-order valence-electron chi connectivity index (χ1n) is 7.58. The lowest BCUT2D eigenvalue weighted by atomic mass is 10.1. The maximum Gasteiger partial charge on any atom is 0.123 e. The number of nitrogens with zero attached hydrogens (tertiary/aromatic N) is 2. The molecular weight excluding hydrogens is 265 g/mol. The zero-order valence-electron chi connectivity index (χ0n) is 13.3. The van der Waals surface area contributed by atoms with Crippen LogP contribution in [0, 0.1) is 12.7 Å². The molecule has 2 rings (SSSR count). The van der Waals surface area contributed by atoms with Crippen LogP contribution in [0.15, 0.2) is 24.4 Å². The summed E-state index contributed by atoms with van der Waals surface area (Å²) in [5, 5.41) is 7.96. The fraction of sp³-hybridized carbons (Fsp3) is 0.471. The van der Waals surface area contributed by atoms with Gasteiger partial charge in [0.2, 0.25) is 0 Å². The fourth-order valence-electron chi connectivity index (χ4n) is 2.44. The Morgan fingerprint density at radius 2 is 2.10 bits per heavy atom. The Hall–Kier alpha value is -1.68. The normalized spacial score (nSPS) is 11.3. The third-order valence-electron chi connectivity index (χ3n) is 3.53. The number of hydrogen-bond donors (Lipinski definition) is 1. The molecule has 0 saturated heterocycles. The minimum Gasteiger partial charge on any atom is -0.310 e. The number of nitrogens with one attached hydrogen (secondary N) is 1. The molecule has 0 fully saturated rings. The van der Waals surface area contributed by atoms with Crippen LogP contribution < -0.4 is 5.32 Å². The van der Waals surface area contributed by atoms with E-state index in [-0.39, 0.29) is 5.82 Å². The number of halogens is 1. The first-order valence-corrected chi connectivity index (χ1v) is 7.58. The van der Waals surface area contributed by atoms with Crippen molar-refractivity contribution in [2.45, 2.75) is 53.1 Å². The molecular formula is C17H24FN3. The summed E-state index contributed by atoms with van der Waals surface area (Å²) in [4.78, 5) is 0. The minimum absolute atomic E-state index is 0.206. The van der Waals surface area contributed by atoms with Gasteiger partial charge in [-0.25, -0.2) is 9.07 Å². The molecule has 114 valence electrons. The number of rotatable bonds is 6. The van der Waals surface area contributed by atoms with Crippen molar-refractivity contribution >= 4 is 0 Å². The molecule has 0 aliphatic carbocycles. The van der Waals surface area contributed by atoms with Crippen molar-refractivity contribution in [1.29, 1.82) is 0 Å². The third kappa shape index (κ3) is 3.70. The summed E-state index contributed by atoms with van der Waals surface area (Å²) in [5.74, 6) is -0.206. The van der Waals surface area contributed by atoms with Crippen LogP contribution in [-0.2, 0) is 13.0 Å². The average molecular weight is 289 g/mol. The van der Waals surface area contributed by atoms with Gasteiger partial charge in [0.15, 0.2) is 0 Å². The zero-order valence-corrected chi connectivity index (χ0v) is 13.3. The Morgan fingerprint density at radius 1 is 1.33 bits per heavy atom. The second kappa shape index (κ2) is 6.85. The van der Waals surface area contributed by atoms with Crippen molar-refractivity contribution in [3.05, 3.63) is 47.0 Å². The van der Waals surface area contributed by atoms with Gasteiger partial charge in [0.25, 0.3) is 0 Å². The van der Waals surface area contributed by atoms with E-state index < -0.39 is 0 Å². The van der Waals surface area contributed by atoms with E-state index in [4.69, 9.17) is 0 Å². The Labute approximate surface area is 126 Å². The van der Waals surface area contributed by atoms with Crippen LogP contribution in [-0.4, -0.2) is 15.8 Å². The van der Waals surface area contributed by atoms with Gasteiger partial charge in [-0.2, -0.15) is 5.10 Å². The highest BCUT2D eigenvalue weighted by Crippen LogP contribution is 2.20. The number of aromatic nitrogens is 2. The number of benzene rings is 1. The molecule has 0 amide bonds. The maximum atomic E-state index is 13.3. The van der Waals surface area contributed by atoms with Crippen LogP contribution in [0.25, 0.3) is 5.69 Å². The average Bonchev–Trinajstić information content (AvgIpc) is 2.80. The number of hydrogen-bond acceptors (Lipinski definition) is 2. The van der Waals surface area contributed by atoms with Crippen molar-refractivity contribution in [1.82, 2.24) is 15.1 Å². The molecule has 0 aliphatic rings. The molecule has 1 heterocycles. The van der Waals surface area contributed by atoms with Gasteiger partial charge in [-0.3, -0.25) is 0 Å². The smallest absolute Gasteiger partial charge is 0.123 e. The van der Waals surface area contributed by atoms with Crippen LogP contribution in [0.4, 0.5) is 4.39 Å². The Kier molecular flexibility index (Phi) is 5.12. The lowest BCUT2D eigenvalue weighted by Crippen LogP contribution is -2.22. The largest absolute Gasteiger partial charge is 0.310 e. The Balaban J connectivity index is 2.38. The van der Waals surface area contributed by atoms with Gasteiger partial charge < -0.3 is 5.32 Å². The van der Waals surface area contributed by atoms with Crippen molar-refractivity contribution < 1.29 is 4.39 Å². The molecule has 0 saturated carbocycles. The summed E-state index contributed by atoms with van der Waals surface area (Å²) in [6, 6.07) is 5.29. The van der Waals surface area contributed by atoms with E-state index in [0.29, 0.717) is 6.04 Å². The molecule has 0 spiro atoms. The zero-order chi connectivity index (χ0) is 15.4. The second-order valence-electron chi connectivity index (χ2n) is 5.74. The monoisotopic (exact) mass is 289 g/mol. The van der Waals surface area contributed by atoms with E-state index in [1.807, 2.05) is 17.8 Å². The summed E-state index contributed by atoms with van der Waals surface area (Å²) < 4.78 is 15.2. The van der Waals surface area contributed by atoms with Crippen LogP contribution in [0.2, 0.25) is 0 Å². The molecule has 1 aromatic heterocycles. The van der Waals surface area contributed by atoms with Gasteiger partial charge in [0, 0.05) is 23.8 Å². The number of aryl methyl sites for hydroxylation is 1. The molecule has 4 heteroatoms. The van der Waals surface area contributed by atoms with E-state index in [1.165, 1.54) is 17.3 Å². The van der Waals surface area contributed by atoms with E-state index in [2.05, 4.69) is 31.2 Å². The van der Waals surface area contributed by atoms with Gasteiger partial charge >= 0.3 is 0 Å². The molecule has 0 aliphatic heterocycles. The molecule has 3 nitrogen and oxygen atoms in total. The molecule has 21 heavy (non-hydrogen) atoms. The van der Waals surface area contributed by atoms with Crippen LogP contribution in [0.3, 0.4) is 0 Å². The summed E-state index contributed by atoms with van der Waals surface area (Å²) in [6.45, 7) is 9.16. The predicted octanol–water partition coefficient (Wildman–Crippen LogP) is 3.77. The van der Waals surface area contributed by atoms with Crippen LogP contribution in [0.5, 0.6) is 0 Å². The highest BCUT2D eigenvalue weighted by Gasteiger charge is 2.13. The van der Waals surface area contributed by atoms with E-state index in [0.717, 1.165) is 30.6 Å². The van der Waals surface area contributed by atoms with E-state index in [1.54, 1.807) is 12.1 Å². The van der Waals surface area contributed by atoms with Crippen molar-refractivity contribution in [3.63, 3.8) is 0 Å². The standard InChI is InChI=1S/C17H24FN3/c1-5-6-17-14(10-19-12(2)3)11-20-21(17)16-8-7-15(18)9-13(16)4/h7-9,11-12,19H,5-6,10H2,1-4H3. The van der Waals surface area contributed by atoms with Crippen LogP contribution >= 0.6 is 0 Å². The molecule has 2 aromatic rings. The van der Waals surface area contributed by atoms with Crippen LogP contribution in [0.1, 0.15) is 44.0 Å². The molecule has 1 N–H and O–H groups in total. The second-order valence-corrected chi connectivity index (χ2v) is 5.74. The SMILES string of the molecule is CCCc1c(CNC(C)C)cnn1-c1ccc(F)cc1C. The molecule has 0 atom stereocenters.